The second-order valence-electron chi connectivity index (χ2n) is 4.26. The molecule has 0 radical (unpaired) electrons. The summed E-state index contributed by atoms with van der Waals surface area (Å²) in [6.07, 6.45) is 0. The van der Waals surface area contributed by atoms with Gasteiger partial charge in [-0.3, -0.25) is 9.59 Å². The van der Waals surface area contributed by atoms with Crippen LogP contribution in [0.15, 0.2) is 0 Å². The molecule has 0 aliphatic heterocycles. The Balaban J connectivity index is 4.00. The van der Waals surface area contributed by atoms with Crippen molar-refractivity contribution >= 4 is 11.7 Å². The molecule has 82 valence electrons. The van der Waals surface area contributed by atoms with Crippen LogP contribution >= 0.6 is 0 Å². The second kappa shape index (κ2) is 5.10. The fourth-order valence-corrected chi connectivity index (χ4v) is 0.778. The lowest BCUT2D eigenvalue weighted by atomic mass is 10.0. The van der Waals surface area contributed by atoms with E-state index < -0.39 is 5.54 Å². The van der Waals surface area contributed by atoms with Crippen LogP contribution in [0.3, 0.4) is 0 Å². The summed E-state index contributed by atoms with van der Waals surface area (Å²) in [5, 5.41) is 5.64. The van der Waals surface area contributed by atoms with Crippen LogP contribution in [0, 0.1) is 0 Å². The Morgan fingerprint density at radius 2 is 1.79 bits per heavy atom. The predicted molar refractivity (Wildman–Crippen MR) is 56.0 cm³/mol. The highest BCUT2D eigenvalue weighted by atomic mass is 16.2. The Bertz CT molecular complexity index is 222. The Morgan fingerprint density at radius 3 is 2.14 bits per heavy atom. The molecule has 0 heterocycles. The minimum atomic E-state index is -0.768. The molecule has 0 rings (SSSR count). The molecule has 0 aromatic carbocycles. The van der Waals surface area contributed by atoms with Gasteiger partial charge in [0.25, 0.3) is 0 Å². The fraction of sp³-hybridized carbons (Fsp3) is 0.800. The summed E-state index contributed by atoms with van der Waals surface area (Å²) in [4.78, 5) is 22.4. The van der Waals surface area contributed by atoms with E-state index in [1.165, 1.54) is 6.92 Å². The van der Waals surface area contributed by atoms with E-state index in [1.807, 2.05) is 13.8 Å². The van der Waals surface area contributed by atoms with Gasteiger partial charge in [0.1, 0.15) is 0 Å². The second-order valence-corrected chi connectivity index (χ2v) is 4.26. The molecule has 2 N–H and O–H groups in total. The van der Waals surface area contributed by atoms with E-state index in [0.29, 0.717) is 0 Å². The monoisotopic (exact) mass is 200 g/mol. The Labute approximate surface area is 85.4 Å². The number of carbonyl (C=O) groups is 2. The SMILES string of the molecule is CC(=O)C(C)(C)NC(=O)CNC(C)C. The van der Waals surface area contributed by atoms with Crippen molar-refractivity contribution in [3.8, 4) is 0 Å². The zero-order valence-corrected chi connectivity index (χ0v) is 9.60. The van der Waals surface area contributed by atoms with E-state index in [2.05, 4.69) is 10.6 Å². The molecule has 0 saturated heterocycles. The lowest BCUT2D eigenvalue weighted by Gasteiger charge is -2.23. The Kier molecular flexibility index (Phi) is 4.77. The van der Waals surface area contributed by atoms with Crippen molar-refractivity contribution in [1.29, 1.82) is 0 Å². The molecular formula is C10H20N2O2. The minimum Gasteiger partial charge on any atom is -0.343 e. The number of Topliss-reactive ketones (excluding diaryl/α,β-unsaturated/α-hetero) is 1. The van der Waals surface area contributed by atoms with Crippen LogP contribution < -0.4 is 10.6 Å². The molecule has 0 unspecified atom stereocenters. The van der Waals surface area contributed by atoms with E-state index >= 15 is 0 Å². The molecule has 0 aromatic rings. The molecule has 0 aliphatic rings. The number of hydrogen-bond donors (Lipinski definition) is 2. The number of hydrogen-bond acceptors (Lipinski definition) is 3. The summed E-state index contributed by atoms with van der Waals surface area (Å²) in [6, 6.07) is 0.265. The van der Waals surface area contributed by atoms with Gasteiger partial charge in [-0.25, -0.2) is 0 Å². The van der Waals surface area contributed by atoms with Crippen molar-refractivity contribution in [1.82, 2.24) is 10.6 Å². The van der Waals surface area contributed by atoms with E-state index in [9.17, 15) is 9.59 Å². The molecule has 4 nitrogen and oxygen atoms in total. The molecule has 0 atom stereocenters. The molecule has 0 aliphatic carbocycles. The van der Waals surface area contributed by atoms with Gasteiger partial charge in [-0.05, 0) is 20.8 Å². The first kappa shape index (κ1) is 13.1. The molecule has 0 bridgehead atoms. The van der Waals surface area contributed by atoms with E-state index in [0.717, 1.165) is 0 Å². The highest BCUT2D eigenvalue weighted by Gasteiger charge is 2.25. The predicted octanol–water partition coefficient (Wildman–Crippen LogP) is 0.468. The third-order valence-corrected chi connectivity index (χ3v) is 2.00. The van der Waals surface area contributed by atoms with Crippen LogP contribution in [0.25, 0.3) is 0 Å². The van der Waals surface area contributed by atoms with Gasteiger partial charge in [0.2, 0.25) is 5.91 Å². The van der Waals surface area contributed by atoms with Crippen LogP contribution in [0.1, 0.15) is 34.6 Å². The summed E-state index contributed by atoms with van der Waals surface area (Å²) in [6.45, 7) is 9.03. The molecule has 1 amide bonds. The van der Waals surface area contributed by atoms with Gasteiger partial charge in [-0.1, -0.05) is 13.8 Å². The van der Waals surface area contributed by atoms with Gasteiger partial charge in [0.15, 0.2) is 5.78 Å². The van der Waals surface area contributed by atoms with Gasteiger partial charge in [0, 0.05) is 6.04 Å². The van der Waals surface area contributed by atoms with Crippen molar-refractivity contribution in [2.75, 3.05) is 6.54 Å². The zero-order valence-electron chi connectivity index (χ0n) is 9.60. The average Bonchev–Trinajstić information content (AvgIpc) is 1.99. The minimum absolute atomic E-state index is 0.0459. The summed E-state index contributed by atoms with van der Waals surface area (Å²) < 4.78 is 0. The van der Waals surface area contributed by atoms with Crippen molar-refractivity contribution in [3.05, 3.63) is 0 Å². The van der Waals surface area contributed by atoms with Crippen LogP contribution in [-0.4, -0.2) is 29.8 Å². The van der Waals surface area contributed by atoms with Crippen molar-refractivity contribution in [2.45, 2.75) is 46.2 Å². The number of rotatable bonds is 5. The molecule has 14 heavy (non-hydrogen) atoms. The van der Waals surface area contributed by atoms with Crippen LogP contribution in [0.5, 0.6) is 0 Å². The first-order chi connectivity index (χ1) is 6.25. The molecule has 0 fully saturated rings. The number of carbonyl (C=O) groups excluding carboxylic acids is 2. The van der Waals surface area contributed by atoms with E-state index in [-0.39, 0.29) is 24.3 Å². The van der Waals surface area contributed by atoms with Crippen molar-refractivity contribution < 1.29 is 9.59 Å². The van der Waals surface area contributed by atoms with Gasteiger partial charge in [-0.2, -0.15) is 0 Å². The maximum atomic E-state index is 11.3. The van der Waals surface area contributed by atoms with Gasteiger partial charge >= 0.3 is 0 Å². The maximum absolute atomic E-state index is 11.3. The summed E-state index contributed by atoms with van der Waals surface area (Å²) in [7, 11) is 0. The average molecular weight is 200 g/mol. The van der Waals surface area contributed by atoms with Gasteiger partial charge in [-0.15, -0.1) is 0 Å². The van der Waals surface area contributed by atoms with Crippen molar-refractivity contribution in [2.24, 2.45) is 0 Å². The molecule has 0 spiro atoms. The highest BCUT2D eigenvalue weighted by molar-refractivity contribution is 5.91. The van der Waals surface area contributed by atoms with Gasteiger partial charge in [0.05, 0.1) is 12.1 Å². The molecule has 0 saturated carbocycles. The highest BCUT2D eigenvalue weighted by Crippen LogP contribution is 2.02. The lowest BCUT2D eigenvalue weighted by Crippen LogP contribution is -2.51. The zero-order chi connectivity index (χ0) is 11.4. The van der Waals surface area contributed by atoms with Gasteiger partial charge < -0.3 is 10.6 Å². The first-order valence-corrected chi connectivity index (χ1v) is 4.81. The van der Waals surface area contributed by atoms with Crippen LogP contribution in [0.4, 0.5) is 0 Å². The summed E-state index contributed by atoms with van der Waals surface area (Å²) in [5.41, 5.74) is -0.768. The fourth-order valence-electron chi connectivity index (χ4n) is 0.778. The molecule has 4 heteroatoms. The summed E-state index contributed by atoms with van der Waals surface area (Å²) >= 11 is 0. The third kappa shape index (κ3) is 4.97. The largest absolute Gasteiger partial charge is 0.343 e. The third-order valence-electron chi connectivity index (χ3n) is 2.00. The Hall–Kier alpha value is -0.900. The normalized spacial score (nSPS) is 11.6. The van der Waals surface area contributed by atoms with E-state index in [4.69, 9.17) is 0 Å². The Morgan fingerprint density at radius 1 is 1.29 bits per heavy atom. The number of ketones is 1. The summed E-state index contributed by atoms with van der Waals surface area (Å²) in [5.74, 6) is -0.200. The topological polar surface area (TPSA) is 58.2 Å². The maximum Gasteiger partial charge on any atom is 0.234 e. The van der Waals surface area contributed by atoms with Crippen molar-refractivity contribution in [3.63, 3.8) is 0 Å². The number of amides is 1. The molecule has 0 aromatic heterocycles. The standard InChI is InChI=1S/C10H20N2O2/c1-7(2)11-6-9(14)12-10(4,5)8(3)13/h7,11H,6H2,1-5H3,(H,12,14). The van der Waals surface area contributed by atoms with Crippen LogP contribution in [-0.2, 0) is 9.59 Å². The smallest absolute Gasteiger partial charge is 0.234 e. The van der Waals surface area contributed by atoms with Crippen LogP contribution in [0.2, 0.25) is 0 Å². The quantitative estimate of drug-likeness (QED) is 0.678. The lowest BCUT2D eigenvalue weighted by molar-refractivity contribution is -0.129. The molecular weight excluding hydrogens is 180 g/mol. The first-order valence-electron chi connectivity index (χ1n) is 4.81. The number of nitrogens with one attached hydrogen (secondary N) is 2. The van der Waals surface area contributed by atoms with E-state index in [1.54, 1.807) is 13.8 Å².